The lowest BCUT2D eigenvalue weighted by molar-refractivity contribution is 0.0957. The molecule has 184 valence electrons. The second kappa shape index (κ2) is 11.6. The van der Waals surface area contributed by atoms with Crippen molar-refractivity contribution in [2.75, 3.05) is 60.4 Å². The number of benzene rings is 1. The standard InChI is InChI=1S/C22H25ClFN9O2/c23-16-11-14(26-6-5-25)1-3-18(16)29-15-2-4-19(27-12-15)21(34)31-32-22-28-13-17(24)20(30-22)33-7-9-35-10-8-33/h1-4,11-13,26,29H,5-10,25H2,(H,31,34)(H,28,30,32). The molecule has 1 aliphatic rings. The Morgan fingerprint density at radius 1 is 1.14 bits per heavy atom. The van der Waals surface area contributed by atoms with Crippen LogP contribution >= 0.6 is 11.6 Å². The number of rotatable bonds is 9. The molecule has 13 heteroatoms. The van der Waals surface area contributed by atoms with Gasteiger partial charge in [-0.3, -0.25) is 15.6 Å². The molecule has 0 radical (unpaired) electrons. The molecule has 0 aliphatic carbocycles. The van der Waals surface area contributed by atoms with Crippen LogP contribution in [0.15, 0.2) is 42.7 Å². The van der Waals surface area contributed by atoms with E-state index < -0.39 is 11.7 Å². The van der Waals surface area contributed by atoms with Crippen molar-refractivity contribution < 1.29 is 13.9 Å². The molecule has 3 aromatic rings. The first-order valence-corrected chi connectivity index (χ1v) is 11.3. The summed E-state index contributed by atoms with van der Waals surface area (Å²) in [5.74, 6) is -0.852. The number of aromatic nitrogens is 3. The minimum Gasteiger partial charge on any atom is -0.384 e. The number of amides is 1. The fourth-order valence-corrected chi connectivity index (χ4v) is 3.52. The van der Waals surface area contributed by atoms with Crippen molar-refractivity contribution in [3.8, 4) is 0 Å². The molecular weight excluding hydrogens is 477 g/mol. The zero-order valence-corrected chi connectivity index (χ0v) is 19.5. The number of ether oxygens (including phenoxy) is 1. The van der Waals surface area contributed by atoms with Crippen LogP contribution in [0, 0.1) is 5.82 Å². The van der Waals surface area contributed by atoms with Gasteiger partial charge in [-0.1, -0.05) is 11.6 Å². The third kappa shape index (κ3) is 6.44. The van der Waals surface area contributed by atoms with Crippen LogP contribution in [0.2, 0.25) is 5.02 Å². The van der Waals surface area contributed by atoms with Crippen molar-refractivity contribution in [2.45, 2.75) is 0 Å². The number of pyridine rings is 1. The average molecular weight is 502 g/mol. The smallest absolute Gasteiger partial charge is 0.288 e. The Labute approximate surface area is 206 Å². The summed E-state index contributed by atoms with van der Waals surface area (Å²) < 4.78 is 19.4. The number of hydrogen-bond donors (Lipinski definition) is 5. The van der Waals surface area contributed by atoms with E-state index in [1.54, 1.807) is 23.1 Å². The molecule has 1 amide bonds. The molecule has 0 spiro atoms. The van der Waals surface area contributed by atoms with Gasteiger partial charge in [0.25, 0.3) is 5.91 Å². The molecule has 35 heavy (non-hydrogen) atoms. The molecule has 0 unspecified atom stereocenters. The monoisotopic (exact) mass is 501 g/mol. The Kier molecular flexibility index (Phi) is 8.08. The molecule has 1 fully saturated rings. The van der Waals surface area contributed by atoms with Gasteiger partial charge >= 0.3 is 0 Å². The molecule has 0 bridgehead atoms. The zero-order chi connectivity index (χ0) is 24.6. The number of nitrogens with two attached hydrogens (primary N) is 1. The largest absolute Gasteiger partial charge is 0.384 e. The van der Waals surface area contributed by atoms with Crippen molar-refractivity contribution >= 4 is 46.3 Å². The van der Waals surface area contributed by atoms with Crippen molar-refractivity contribution in [1.29, 1.82) is 0 Å². The van der Waals surface area contributed by atoms with Crippen LogP contribution in [0.4, 0.5) is 33.2 Å². The fraction of sp³-hybridized carbons (Fsp3) is 0.273. The van der Waals surface area contributed by atoms with Crippen molar-refractivity contribution in [3.63, 3.8) is 0 Å². The van der Waals surface area contributed by atoms with Crippen molar-refractivity contribution in [3.05, 3.63) is 59.3 Å². The molecule has 1 saturated heterocycles. The molecule has 1 aromatic carbocycles. The number of hydrogen-bond acceptors (Lipinski definition) is 10. The predicted octanol–water partition coefficient (Wildman–Crippen LogP) is 2.37. The van der Waals surface area contributed by atoms with Crippen molar-refractivity contribution in [1.82, 2.24) is 20.4 Å². The van der Waals surface area contributed by atoms with Gasteiger partial charge in [0, 0.05) is 31.9 Å². The first-order valence-electron chi connectivity index (χ1n) is 10.9. The quantitative estimate of drug-likeness (QED) is 0.277. The highest BCUT2D eigenvalue weighted by molar-refractivity contribution is 6.33. The SMILES string of the molecule is NCCNc1ccc(Nc2ccc(C(=O)NNc3ncc(F)c(N4CCOCC4)n3)nc2)c(Cl)c1. The van der Waals surface area contributed by atoms with E-state index in [4.69, 9.17) is 22.1 Å². The minimum atomic E-state index is -0.546. The Morgan fingerprint density at radius 2 is 1.94 bits per heavy atom. The lowest BCUT2D eigenvalue weighted by Gasteiger charge is -2.28. The maximum Gasteiger partial charge on any atom is 0.288 e. The molecule has 0 saturated carbocycles. The van der Waals surface area contributed by atoms with E-state index in [9.17, 15) is 9.18 Å². The van der Waals surface area contributed by atoms with Gasteiger partial charge in [-0.15, -0.1) is 0 Å². The number of nitrogens with one attached hydrogen (secondary N) is 4. The highest BCUT2D eigenvalue weighted by Crippen LogP contribution is 2.28. The molecule has 0 atom stereocenters. The summed E-state index contributed by atoms with van der Waals surface area (Å²) >= 11 is 6.34. The molecule has 4 rings (SSSR count). The lowest BCUT2D eigenvalue weighted by Crippen LogP contribution is -2.38. The van der Waals surface area contributed by atoms with Gasteiger partial charge in [0.2, 0.25) is 5.95 Å². The van der Waals surface area contributed by atoms with Gasteiger partial charge in [-0.2, -0.15) is 4.98 Å². The van der Waals surface area contributed by atoms with Crippen LogP contribution < -0.4 is 32.1 Å². The molecule has 1 aliphatic heterocycles. The Balaban J connectivity index is 1.34. The Bertz CT molecular complexity index is 1160. The molecule has 2 aromatic heterocycles. The summed E-state index contributed by atoms with van der Waals surface area (Å²) in [5, 5.41) is 6.84. The molecule has 3 heterocycles. The number of halogens is 2. The van der Waals surface area contributed by atoms with Gasteiger partial charge in [0.1, 0.15) is 5.69 Å². The first kappa shape index (κ1) is 24.4. The van der Waals surface area contributed by atoms with Crippen LogP contribution in [-0.4, -0.2) is 60.3 Å². The summed E-state index contributed by atoms with van der Waals surface area (Å²) in [6.07, 6.45) is 2.56. The second-order valence-corrected chi connectivity index (χ2v) is 7.92. The van der Waals surface area contributed by atoms with Gasteiger partial charge < -0.3 is 26.0 Å². The zero-order valence-electron chi connectivity index (χ0n) is 18.7. The van der Waals surface area contributed by atoms with Crippen LogP contribution in [0.3, 0.4) is 0 Å². The van der Waals surface area contributed by atoms with E-state index in [0.29, 0.717) is 55.8 Å². The summed E-state index contributed by atoms with van der Waals surface area (Å²) in [6, 6.07) is 8.76. The van der Waals surface area contributed by atoms with E-state index in [1.807, 2.05) is 12.1 Å². The lowest BCUT2D eigenvalue weighted by atomic mass is 10.2. The number of nitrogens with zero attached hydrogens (tertiary/aromatic N) is 4. The van der Waals surface area contributed by atoms with Crippen LogP contribution in [0.1, 0.15) is 10.5 Å². The molecule has 6 N–H and O–H groups in total. The Hall–Kier alpha value is -3.74. The number of hydrazine groups is 1. The van der Waals surface area contributed by atoms with E-state index in [-0.39, 0.29) is 17.5 Å². The first-order chi connectivity index (χ1) is 17.0. The van der Waals surface area contributed by atoms with Crippen molar-refractivity contribution in [2.24, 2.45) is 5.73 Å². The topological polar surface area (TPSA) is 142 Å². The van der Waals surface area contributed by atoms with Gasteiger partial charge in [0.05, 0.1) is 42.0 Å². The number of carbonyl (C=O) groups excluding carboxylic acids is 1. The predicted molar refractivity (Wildman–Crippen MR) is 133 cm³/mol. The Morgan fingerprint density at radius 3 is 2.66 bits per heavy atom. The molecular formula is C22H25ClFN9O2. The van der Waals surface area contributed by atoms with E-state index in [2.05, 4.69) is 36.4 Å². The number of carbonyl (C=O) groups is 1. The van der Waals surface area contributed by atoms with Gasteiger partial charge in [0.15, 0.2) is 11.6 Å². The van der Waals surface area contributed by atoms with Gasteiger partial charge in [-0.25, -0.2) is 14.4 Å². The second-order valence-electron chi connectivity index (χ2n) is 7.51. The van der Waals surface area contributed by atoms with Crippen LogP contribution in [0.25, 0.3) is 0 Å². The van der Waals surface area contributed by atoms with E-state index in [1.165, 1.54) is 6.20 Å². The summed E-state index contributed by atoms with van der Waals surface area (Å²) in [7, 11) is 0. The average Bonchev–Trinajstić information content (AvgIpc) is 2.89. The van der Waals surface area contributed by atoms with E-state index >= 15 is 0 Å². The maximum atomic E-state index is 14.2. The third-order valence-electron chi connectivity index (χ3n) is 5.04. The normalized spacial score (nSPS) is 13.3. The van der Waals surface area contributed by atoms with E-state index in [0.717, 1.165) is 11.9 Å². The van der Waals surface area contributed by atoms with Gasteiger partial charge in [-0.05, 0) is 30.3 Å². The highest BCUT2D eigenvalue weighted by atomic mass is 35.5. The number of morpholine rings is 1. The maximum absolute atomic E-state index is 14.2. The third-order valence-corrected chi connectivity index (χ3v) is 5.35. The summed E-state index contributed by atoms with van der Waals surface area (Å²) in [5.41, 5.74) is 12.9. The molecule has 11 nitrogen and oxygen atoms in total. The van der Waals surface area contributed by atoms with Crippen LogP contribution in [-0.2, 0) is 4.74 Å². The van der Waals surface area contributed by atoms with Crippen LogP contribution in [0.5, 0.6) is 0 Å². The summed E-state index contributed by atoms with van der Waals surface area (Å²) in [4.78, 5) is 26.4. The summed E-state index contributed by atoms with van der Waals surface area (Å²) in [6.45, 7) is 3.18. The number of anilines is 5. The highest BCUT2D eigenvalue weighted by Gasteiger charge is 2.18. The fourth-order valence-electron chi connectivity index (χ4n) is 3.29. The minimum absolute atomic E-state index is 0.0542.